The fourth-order valence-corrected chi connectivity index (χ4v) is 3.81. The van der Waals surface area contributed by atoms with Gasteiger partial charge in [0.2, 0.25) is 0 Å². The largest absolute Gasteiger partial charge is 0.335 e. The van der Waals surface area contributed by atoms with E-state index in [0.717, 1.165) is 19.3 Å². The van der Waals surface area contributed by atoms with Crippen molar-refractivity contribution in [2.45, 2.75) is 38.3 Å². The molecule has 0 aliphatic heterocycles. The predicted molar refractivity (Wildman–Crippen MR) is 92.1 cm³/mol. The molecule has 1 saturated carbocycles. The summed E-state index contributed by atoms with van der Waals surface area (Å²) in [5.74, 6) is 0.502. The Balaban J connectivity index is 1.95. The van der Waals surface area contributed by atoms with Gasteiger partial charge >= 0.3 is 6.03 Å². The fraction of sp³-hybridized carbons (Fsp3) is 0.588. The number of hydrogen-bond acceptors (Lipinski definition) is 3. The Morgan fingerprint density at radius 1 is 1.30 bits per heavy atom. The van der Waals surface area contributed by atoms with Crippen LogP contribution in [0.3, 0.4) is 0 Å². The van der Waals surface area contributed by atoms with Crippen molar-refractivity contribution in [2.75, 3.05) is 19.1 Å². The summed E-state index contributed by atoms with van der Waals surface area (Å²) in [5, 5.41) is 3.09. The number of carbonyl (C=O) groups is 1. The van der Waals surface area contributed by atoms with E-state index in [1.807, 2.05) is 18.2 Å². The Labute approximate surface area is 139 Å². The van der Waals surface area contributed by atoms with Crippen LogP contribution in [0, 0.1) is 5.92 Å². The van der Waals surface area contributed by atoms with Crippen molar-refractivity contribution in [3.8, 4) is 0 Å². The molecule has 5 nitrogen and oxygen atoms in total. The van der Waals surface area contributed by atoms with E-state index in [9.17, 15) is 13.2 Å². The van der Waals surface area contributed by atoms with Crippen LogP contribution in [0.2, 0.25) is 0 Å². The molecule has 2 unspecified atom stereocenters. The molecule has 2 rings (SSSR count). The molecule has 0 aromatic heterocycles. The minimum absolute atomic E-state index is 0.0241. The first-order valence-corrected chi connectivity index (χ1v) is 10.1. The maximum absolute atomic E-state index is 12.4. The number of carbonyl (C=O) groups excluding carboxylic acids is 1. The second kappa shape index (κ2) is 7.34. The molecule has 1 N–H and O–H groups in total. The monoisotopic (exact) mass is 338 g/mol. The van der Waals surface area contributed by atoms with E-state index in [0.29, 0.717) is 5.92 Å². The van der Waals surface area contributed by atoms with Crippen LogP contribution >= 0.6 is 0 Å². The van der Waals surface area contributed by atoms with Crippen LogP contribution in [-0.4, -0.2) is 50.5 Å². The molecule has 6 heteroatoms. The van der Waals surface area contributed by atoms with Gasteiger partial charge < -0.3 is 10.2 Å². The first-order chi connectivity index (χ1) is 10.8. The van der Waals surface area contributed by atoms with Gasteiger partial charge in [-0.15, -0.1) is 0 Å². The van der Waals surface area contributed by atoms with Crippen LogP contribution in [0.5, 0.6) is 0 Å². The number of rotatable bonds is 7. The fourth-order valence-electron chi connectivity index (χ4n) is 2.71. The van der Waals surface area contributed by atoms with E-state index in [2.05, 4.69) is 17.4 Å². The molecule has 1 fully saturated rings. The number of urea groups is 1. The first-order valence-electron chi connectivity index (χ1n) is 8.01. The van der Waals surface area contributed by atoms with Gasteiger partial charge in [0, 0.05) is 25.4 Å². The van der Waals surface area contributed by atoms with Gasteiger partial charge in [-0.1, -0.05) is 30.3 Å². The molecular weight excluding hydrogens is 312 g/mol. The lowest BCUT2D eigenvalue weighted by Gasteiger charge is -2.28. The zero-order valence-corrected chi connectivity index (χ0v) is 14.8. The molecule has 2 atom stereocenters. The van der Waals surface area contributed by atoms with Gasteiger partial charge in [0.25, 0.3) is 0 Å². The summed E-state index contributed by atoms with van der Waals surface area (Å²) in [4.78, 5) is 13.9. The summed E-state index contributed by atoms with van der Waals surface area (Å²) >= 11 is 0. The Bertz CT molecular complexity index is 626. The summed E-state index contributed by atoms with van der Waals surface area (Å²) in [6.45, 7) is 1.75. The summed E-state index contributed by atoms with van der Waals surface area (Å²) in [6, 6.07) is 9.68. The van der Waals surface area contributed by atoms with Crippen molar-refractivity contribution in [1.82, 2.24) is 10.2 Å². The third-order valence-corrected chi connectivity index (χ3v) is 5.41. The van der Waals surface area contributed by atoms with Crippen LogP contribution in [0.15, 0.2) is 30.3 Å². The lowest BCUT2D eigenvalue weighted by Crippen LogP contribution is -2.49. The van der Waals surface area contributed by atoms with E-state index in [1.54, 1.807) is 14.0 Å². The van der Waals surface area contributed by atoms with Gasteiger partial charge in [0.1, 0.15) is 9.84 Å². The van der Waals surface area contributed by atoms with Crippen molar-refractivity contribution in [3.05, 3.63) is 35.9 Å². The molecule has 0 heterocycles. The molecule has 0 spiro atoms. The topological polar surface area (TPSA) is 66.5 Å². The standard InChI is InChI=1S/C17H26N2O3S/c1-13(12-23(3,21)22)19(2)17(20)18-16(15-9-10-15)11-14-7-5-4-6-8-14/h4-8,13,15-16H,9-12H2,1-3H3,(H,18,20). The summed E-state index contributed by atoms with van der Waals surface area (Å²) in [7, 11) is -1.45. The number of benzene rings is 1. The Hall–Kier alpha value is -1.56. The van der Waals surface area contributed by atoms with Crippen LogP contribution in [0.1, 0.15) is 25.3 Å². The average Bonchev–Trinajstić information content (AvgIpc) is 3.29. The zero-order chi connectivity index (χ0) is 17.0. The molecule has 0 bridgehead atoms. The van der Waals surface area contributed by atoms with Crippen LogP contribution < -0.4 is 5.32 Å². The third-order valence-electron chi connectivity index (χ3n) is 4.32. The molecule has 128 valence electrons. The molecular formula is C17H26N2O3S. The van der Waals surface area contributed by atoms with Crippen molar-refractivity contribution in [2.24, 2.45) is 5.92 Å². The van der Waals surface area contributed by atoms with Gasteiger partial charge in [-0.3, -0.25) is 0 Å². The highest BCUT2D eigenvalue weighted by Crippen LogP contribution is 2.34. The molecule has 1 aromatic carbocycles. The number of nitrogens with one attached hydrogen (secondary N) is 1. The molecule has 23 heavy (non-hydrogen) atoms. The zero-order valence-electron chi connectivity index (χ0n) is 14.0. The second-order valence-electron chi connectivity index (χ2n) is 6.64. The maximum atomic E-state index is 12.4. The van der Waals surface area contributed by atoms with Crippen molar-refractivity contribution in [1.29, 1.82) is 0 Å². The highest BCUT2D eigenvalue weighted by molar-refractivity contribution is 7.90. The van der Waals surface area contributed by atoms with Crippen LogP contribution in [-0.2, 0) is 16.3 Å². The lowest BCUT2D eigenvalue weighted by molar-refractivity contribution is 0.192. The van der Waals surface area contributed by atoms with Gasteiger partial charge in [-0.05, 0) is 37.7 Å². The minimum atomic E-state index is -3.10. The maximum Gasteiger partial charge on any atom is 0.317 e. The minimum Gasteiger partial charge on any atom is -0.335 e. The van der Waals surface area contributed by atoms with Crippen molar-refractivity contribution < 1.29 is 13.2 Å². The lowest BCUT2D eigenvalue weighted by atomic mass is 10.0. The van der Waals surface area contributed by atoms with Gasteiger partial charge in [-0.2, -0.15) is 0 Å². The summed E-state index contributed by atoms with van der Waals surface area (Å²) < 4.78 is 22.8. The van der Waals surface area contributed by atoms with Crippen LogP contribution in [0.25, 0.3) is 0 Å². The SMILES string of the molecule is CC(CS(C)(=O)=O)N(C)C(=O)NC(Cc1ccccc1)C1CC1. The van der Waals surface area contributed by atoms with E-state index >= 15 is 0 Å². The normalized spacial score (nSPS) is 17.3. The quantitative estimate of drug-likeness (QED) is 0.828. The third kappa shape index (κ3) is 5.86. The van der Waals surface area contributed by atoms with Crippen LogP contribution in [0.4, 0.5) is 4.79 Å². The molecule has 1 aliphatic rings. The summed E-state index contributed by atoms with van der Waals surface area (Å²) in [5.41, 5.74) is 1.21. The predicted octanol–water partition coefficient (Wildman–Crippen LogP) is 2.08. The highest BCUT2D eigenvalue weighted by atomic mass is 32.2. The second-order valence-corrected chi connectivity index (χ2v) is 8.82. The van der Waals surface area contributed by atoms with Gasteiger partial charge in [-0.25, -0.2) is 13.2 Å². The molecule has 2 amide bonds. The smallest absolute Gasteiger partial charge is 0.317 e. The van der Waals surface area contributed by atoms with Crippen molar-refractivity contribution >= 4 is 15.9 Å². The average molecular weight is 338 g/mol. The number of amides is 2. The number of sulfone groups is 1. The summed E-state index contributed by atoms with van der Waals surface area (Å²) in [6.07, 6.45) is 4.28. The molecule has 1 aromatic rings. The number of nitrogens with zero attached hydrogens (tertiary/aromatic N) is 1. The molecule has 1 aliphatic carbocycles. The van der Waals surface area contributed by atoms with Crippen molar-refractivity contribution in [3.63, 3.8) is 0 Å². The Kier molecular flexibility index (Phi) is 5.68. The first kappa shape index (κ1) is 17.8. The Morgan fingerprint density at radius 3 is 2.43 bits per heavy atom. The van der Waals surface area contributed by atoms with E-state index < -0.39 is 9.84 Å². The van der Waals surface area contributed by atoms with Gasteiger partial charge in [0.15, 0.2) is 0 Å². The van der Waals surface area contributed by atoms with E-state index in [-0.39, 0.29) is 23.9 Å². The molecule has 0 saturated heterocycles. The molecule has 0 radical (unpaired) electrons. The Morgan fingerprint density at radius 2 is 1.91 bits per heavy atom. The number of hydrogen-bond donors (Lipinski definition) is 1. The van der Waals surface area contributed by atoms with Gasteiger partial charge in [0.05, 0.1) is 5.75 Å². The van der Waals surface area contributed by atoms with E-state index in [1.165, 1.54) is 16.7 Å². The highest BCUT2D eigenvalue weighted by Gasteiger charge is 2.33. The van der Waals surface area contributed by atoms with E-state index in [4.69, 9.17) is 0 Å².